The molecule has 24 heavy (non-hydrogen) atoms. The quantitative estimate of drug-likeness (QED) is 0.670. The number of nitrogens with zero attached hydrogens (tertiary/aromatic N) is 1. The number of halogens is 4. The maximum atomic E-state index is 13.3. The van der Waals surface area contributed by atoms with Gasteiger partial charge in [0.2, 0.25) is 0 Å². The van der Waals surface area contributed by atoms with Gasteiger partial charge in [-0.3, -0.25) is 9.59 Å². The van der Waals surface area contributed by atoms with E-state index in [0.29, 0.717) is 10.5 Å². The van der Waals surface area contributed by atoms with Gasteiger partial charge in [-0.05, 0) is 17.7 Å². The molecule has 1 aromatic carbocycles. The SMILES string of the molecule is COC(=O)[C@@H]1CN(C(=O)C(F)C(F)(F)F)C[C@H]1c1ccc(O)cc1. The smallest absolute Gasteiger partial charge is 0.428 e. The first-order valence-electron chi connectivity index (χ1n) is 7.01. The first-order chi connectivity index (χ1) is 11.1. The van der Waals surface area contributed by atoms with Crippen LogP contribution in [0.25, 0.3) is 0 Å². The molecule has 3 atom stereocenters. The molecule has 0 saturated carbocycles. The number of hydrogen-bond acceptors (Lipinski definition) is 4. The van der Waals surface area contributed by atoms with Crippen molar-refractivity contribution >= 4 is 11.9 Å². The molecule has 0 spiro atoms. The largest absolute Gasteiger partial charge is 0.508 e. The van der Waals surface area contributed by atoms with E-state index in [1.807, 2.05) is 0 Å². The zero-order chi connectivity index (χ0) is 18.1. The minimum atomic E-state index is -5.30. The number of methoxy groups -OCH3 is 1. The number of alkyl halides is 4. The van der Waals surface area contributed by atoms with Crippen LogP contribution in [0.15, 0.2) is 24.3 Å². The second kappa shape index (κ2) is 6.66. The second-order valence-corrected chi connectivity index (χ2v) is 5.48. The van der Waals surface area contributed by atoms with Gasteiger partial charge in [0.15, 0.2) is 0 Å². The lowest BCUT2D eigenvalue weighted by Gasteiger charge is -2.20. The summed E-state index contributed by atoms with van der Waals surface area (Å²) in [5.41, 5.74) is 0.529. The molecule has 0 aliphatic carbocycles. The standard InChI is InChI=1S/C15H15F4NO4/c1-24-14(23)11-7-20(13(22)12(16)15(17,18)19)6-10(11)8-2-4-9(21)5-3-8/h2-5,10-12,21H,6-7H2,1H3/t10-,11+,12?/m0/s1. The molecule has 1 amide bonds. The van der Waals surface area contributed by atoms with E-state index in [1.54, 1.807) is 0 Å². The zero-order valence-corrected chi connectivity index (χ0v) is 12.6. The van der Waals surface area contributed by atoms with Gasteiger partial charge in [-0.1, -0.05) is 12.1 Å². The van der Waals surface area contributed by atoms with Crippen LogP contribution >= 0.6 is 0 Å². The summed E-state index contributed by atoms with van der Waals surface area (Å²) in [6.07, 6.45) is -8.93. The van der Waals surface area contributed by atoms with Gasteiger partial charge in [-0.15, -0.1) is 0 Å². The molecule has 1 aliphatic rings. The third kappa shape index (κ3) is 3.60. The molecule has 1 aromatic rings. The van der Waals surface area contributed by atoms with Crippen molar-refractivity contribution in [1.29, 1.82) is 0 Å². The Hall–Kier alpha value is -2.32. The van der Waals surface area contributed by atoms with E-state index < -0.39 is 36.1 Å². The number of ether oxygens (including phenoxy) is 1. The molecule has 1 heterocycles. The first-order valence-corrected chi connectivity index (χ1v) is 7.01. The number of hydrogen-bond donors (Lipinski definition) is 1. The van der Waals surface area contributed by atoms with Crippen molar-refractivity contribution in [1.82, 2.24) is 4.90 Å². The fraction of sp³-hybridized carbons (Fsp3) is 0.467. The van der Waals surface area contributed by atoms with E-state index in [1.165, 1.54) is 24.3 Å². The van der Waals surface area contributed by atoms with E-state index in [4.69, 9.17) is 0 Å². The third-order valence-electron chi connectivity index (χ3n) is 3.96. The summed E-state index contributed by atoms with van der Waals surface area (Å²) < 4.78 is 55.1. The molecule has 132 valence electrons. The molecule has 1 aliphatic heterocycles. The number of rotatable bonds is 3. The Morgan fingerprint density at radius 3 is 2.33 bits per heavy atom. The number of amides is 1. The van der Waals surface area contributed by atoms with Gasteiger partial charge in [0.25, 0.3) is 12.1 Å². The maximum Gasteiger partial charge on any atom is 0.428 e. The zero-order valence-electron chi connectivity index (χ0n) is 12.6. The van der Waals surface area contributed by atoms with Crippen molar-refractivity contribution in [3.05, 3.63) is 29.8 Å². The van der Waals surface area contributed by atoms with Crippen LogP contribution < -0.4 is 0 Å². The minimum Gasteiger partial charge on any atom is -0.508 e. The Morgan fingerprint density at radius 1 is 1.25 bits per heavy atom. The summed E-state index contributed by atoms with van der Waals surface area (Å²) in [5.74, 6) is -4.02. The Labute approximate surface area is 134 Å². The summed E-state index contributed by atoms with van der Waals surface area (Å²) in [6.45, 7) is -0.618. The highest BCUT2D eigenvalue weighted by atomic mass is 19.4. The molecule has 9 heteroatoms. The summed E-state index contributed by atoms with van der Waals surface area (Å²) in [5, 5.41) is 9.29. The summed E-state index contributed by atoms with van der Waals surface area (Å²) in [7, 11) is 1.12. The van der Waals surface area contributed by atoms with Gasteiger partial charge < -0.3 is 14.7 Å². The van der Waals surface area contributed by atoms with Crippen LogP contribution in [-0.4, -0.2) is 54.4 Å². The molecule has 5 nitrogen and oxygen atoms in total. The normalized spacial score (nSPS) is 22.3. The number of carbonyl (C=O) groups excluding carboxylic acids is 2. The molecule has 0 aromatic heterocycles. The summed E-state index contributed by atoms with van der Waals surface area (Å²) in [6, 6.07) is 5.67. The monoisotopic (exact) mass is 349 g/mol. The number of aromatic hydroxyl groups is 1. The fourth-order valence-corrected chi connectivity index (χ4v) is 2.73. The lowest BCUT2D eigenvalue weighted by atomic mass is 9.89. The van der Waals surface area contributed by atoms with Crippen molar-refractivity contribution in [2.75, 3.05) is 20.2 Å². The Balaban J connectivity index is 2.25. The number of benzene rings is 1. The van der Waals surface area contributed by atoms with Crippen molar-refractivity contribution in [2.24, 2.45) is 5.92 Å². The molecule has 1 N–H and O–H groups in total. The molecule has 2 rings (SSSR count). The van der Waals surface area contributed by atoms with Crippen molar-refractivity contribution in [3.63, 3.8) is 0 Å². The van der Waals surface area contributed by atoms with Crippen LogP contribution in [0.1, 0.15) is 11.5 Å². The van der Waals surface area contributed by atoms with Crippen LogP contribution in [0, 0.1) is 5.92 Å². The first kappa shape index (κ1) is 18.0. The fourth-order valence-electron chi connectivity index (χ4n) is 2.73. The maximum absolute atomic E-state index is 13.3. The van der Waals surface area contributed by atoms with Crippen LogP contribution in [0.3, 0.4) is 0 Å². The van der Waals surface area contributed by atoms with Crippen LogP contribution in [0.4, 0.5) is 17.6 Å². The van der Waals surface area contributed by atoms with Gasteiger partial charge in [-0.25, -0.2) is 4.39 Å². The van der Waals surface area contributed by atoms with E-state index in [9.17, 15) is 32.3 Å². The molecule has 1 unspecified atom stereocenters. The Kier molecular flexibility index (Phi) is 5.00. The number of phenols is 1. The average Bonchev–Trinajstić information content (AvgIpc) is 2.97. The lowest BCUT2D eigenvalue weighted by molar-refractivity contribution is -0.192. The number of likely N-dealkylation sites (tertiary alicyclic amines) is 1. The Bertz CT molecular complexity index is 617. The van der Waals surface area contributed by atoms with Crippen molar-refractivity contribution < 1.29 is 37.0 Å². The van der Waals surface area contributed by atoms with Gasteiger partial charge >= 0.3 is 12.1 Å². The summed E-state index contributed by atoms with van der Waals surface area (Å²) in [4.78, 5) is 24.3. The van der Waals surface area contributed by atoms with Crippen LogP contribution in [-0.2, 0) is 14.3 Å². The van der Waals surface area contributed by atoms with Crippen molar-refractivity contribution in [2.45, 2.75) is 18.3 Å². The van der Waals surface area contributed by atoms with E-state index in [0.717, 1.165) is 7.11 Å². The number of esters is 1. The van der Waals surface area contributed by atoms with Gasteiger partial charge in [0, 0.05) is 19.0 Å². The summed E-state index contributed by atoms with van der Waals surface area (Å²) >= 11 is 0. The molecule has 1 fully saturated rings. The highest BCUT2D eigenvalue weighted by molar-refractivity contribution is 5.84. The highest BCUT2D eigenvalue weighted by Gasteiger charge is 2.50. The highest BCUT2D eigenvalue weighted by Crippen LogP contribution is 2.36. The lowest BCUT2D eigenvalue weighted by Crippen LogP contribution is -2.43. The second-order valence-electron chi connectivity index (χ2n) is 5.48. The minimum absolute atomic E-state index is 0.0276. The predicted molar refractivity (Wildman–Crippen MR) is 73.9 cm³/mol. The average molecular weight is 349 g/mol. The predicted octanol–water partition coefficient (Wildman–Crippen LogP) is 2.01. The topological polar surface area (TPSA) is 66.8 Å². The molecule has 0 bridgehead atoms. The van der Waals surface area contributed by atoms with E-state index in [-0.39, 0.29) is 18.8 Å². The molecule has 1 saturated heterocycles. The molecule has 0 radical (unpaired) electrons. The van der Waals surface area contributed by atoms with Gasteiger partial charge in [0.1, 0.15) is 5.75 Å². The van der Waals surface area contributed by atoms with Crippen LogP contribution in [0.5, 0.6) is 5.75 Å². The van der Waals surface area contributed by atoms with Crippen molar-refractivity contribution in [3.8, 4) is 5.75 Å². The van der Waals surface area contributed by atoms with E-state index in [2.05, 4.69) is 4.74 Å². The third-order valence-corrected chi connectivity index (χ3v) is 3.96. The van der Waals surface area contributed by atoms with E-state index >= 15 is 0 Å². The molecular formula is C15H15F4NO4. The molecular weight excluding hydrogens is 334 g/mol. The van der Waals surface area contributed by atoms with Gasteiger partial charge in [0.05, 0.1) is 13.0 Å². The number of phenolic OH excluding ortho intramolecular Hbond substituents is 1. The number of carbonyl (C=O) groups is 2. The van der Waals surface area contributed by atoms with Crippen LogP contribution in [0.2, 0.25) is 0 Å². The van der Waals surface area contributed by atoms with Gasteiger partial charge in [-0.2, -0.15) is 13.2 Å². The Morgan fingerprint density at radius 2 is 1.83 bits per heavy atom.